The molecule has 0 radical (unpaired) electrons. The van der Waals surface area contributed by atoms with Crippen molar-refractivity contribution in [2.45, 2.75) is 57.6 Å². The van der Waals surface area contributed by atoms with Crippen LogP contribution < -0.4 is 14.4 Å². The molecule has 0 aliphatic rings. The van der Waals surface area contributed by atoms with Crippen LogP contribution >= 0.6 is 11.6 Å². The fourth-order valence-corrected chi connectivity index (χ4v) is 5.50. The van der Waals surface area contributed by atoms with Crippen molar-refractivity contribution in [3.8, 4) is 5.75 Å². The van der Waals surface area contributed by atoms with Gasteiger partial charge in [-0.2, -0.15) is 0 Å². The Morgan fingerprint density at radius 2 is 1.55 bits per heavy atom. The summed E-state index contributed by atoms with van der Waals surface area (Å²) in [4.78, 5) is 28.4. The molecule has 0 saturated carbocycles. The fourth-order valence-electron chi connectivity index (χ4n) is 3.96. The lowest BCUT2D eigenvalue weighted by Gasteiger charge is -2.32. The minimum atomic E-state index is -4.15. The van der Waals surface area contributed by atoms with Crippen LogP contribution in [0.3, 0.4) is 0 Å². The highest BCUT2D eigenvalue weighted by Gasteiger charge is 2.32. The van der Waals surface area contributed by atoms with Crippen LogP contribution in [0.1, 0.15) is 39.7 Å². The van der Waals surface area contributed by atoms with Crippen LogP contribution in [-0.4, -0.2) is 50.4 Å². The van der Waals surface area contributed by atoms with Crippen LogP contribution in [0.15, 0.2) is 83.8 Å². The molecule has 2 atom stereocenters. The number of amides is 2. The number of hydrogen-bond donors (Lipinski definition) is 1. The third kappa shape index (κ3) is 7.99. The van der Waals surface area contributed by atoms with Crippen LogP contribution in [0, 0.1) is 0 Å². The first-order valence-electron chi connectivity index (χ1n) is 13.2. The van der Waals surface area contributed by atoms with E-state index < -0.39 is 28.5 Å². The number of benzene rings is 3. The molecular weight excluding hydrogens is 550 g/mol. The van der Waals surface area contributed by atoms with Gasteiger partial charge in [-0.15, -0.1) is 0 Å². The fraction of sp³-hybridized carbons (Fsp3) is 0.333. The molecule has 0 heterocycles. The first kappa shape index (κ1) is 31.0. The largest absolute Gasteiger partial charge is 0.494 e. The zero-order chi connectivity index (χ0) is 29.3. The van der Waals surface area contributed by atoms with E-state index in [9.17, 15) is 18.0 Å². The van der Waals surface area contributed by atoms with E-state index in [1.54, 1.807) is 73.7 Å². The van der Waals surface area contributed by atoms with Gasteiger partial charge in [0, 0.05) is 17.6 Å². The highest BCUT2D eigenvalue weighted by molar-refractivity contribution is 7.92. The van der Waals surface area contributed by atoms with Crippen molar-refractivity contribution in [3.05, 3.63) is 89.4 Å². The summed E-state index contributed by atoms with van der Waals surface area (Å²) in [6.07, 6.45) is 0.728. The molecule has 214 valence electrons. The van der Waals surface area contributed by atoms with Gasteiger partial charge in [0.25, 0.3) is 10.0 Å². The summed E-state index contributed by atoms with van der Waals surface area (Å²) < 4.78 is 34.2. The maximum absolute atomic E-state index is 13.9. The van der Waals surface area contributed by atoms with E-state index in [1.807, 2.05) is 20.8 Å². The van der Waals surface area contributed by atoms with Gasteiger partial charge in [-0.05, 0) is 81.3 Å². The number of carbonyl (C=O) groups excluding carboxylic acids is 2. The van der Waals surface area contributed by atoms with Crippen molar-refractivity contribution in [3.63, 3.8) is 0 Å². The Balaban J connectivity index is 1.98. The molecule has 0 aromatic heterocycles. The second-order valence-corrected chi connectivity index (χ2v) is 11.7. The van der Waals surface area contributed by atoms with Crippen LogP contribution in [0.5, 0.6) is 5.75 Å². The minimum absolute atomic E-state index is 0.0134. The SMILES string of the molecule is CCOc1ccc(S(=O)(=O)N(CC(=O)N(Cc2ccc(Cl)cc2)[C@@H](C)C(=O)N[C@H](C)CC)c2ccccc2)cc1. The number of anilines is 1. The predicted molar refractivity (Wildman–Crippen MR) is 158 cm³/mol. The smallest absolute Gasteiger partial charge is 0.264 e. The van der Waals surface area contributed by atoms with Gasteiger partial charge < -0.3 is 15.0 Å². The number of carbonyl (C=O) groups is 2. The Morgan fingerprint density at radius 3 is 2.12 bits per heavy atom. The summed E-state index contributed by atoms with van der Waals surface area (Å²) in [5.74, 6) is -0.309. The third-order valence-electron chi connectivity index (χ3n) is 6.48. The van der Waals surface area contributed by atoms with Crippen LogP contribution in [0.4, 0.5) is 5.69 Å². The standard InChI is InChI=1S/C30H36ClN3O5S/c1-5-22(3)32-30(36)23(4)33(20-24-12-14-25(31)15-13-24)29(35)21-34(26-10-8-7-9-11-26)40(37,38)28-18-16-27(17-19-28)39-6-2/h7-19,22-23H,5-6,20-21H2,1-4H3,(H,32,36)/t22-,23+/m1/s1. The molecular formula is C30H36ClN3O5S. The highest BCUT2D eigenvalue weighted by Crippen LogP contribution is 2.26. The van der Waals surface area contributed by atoms with E-state index in [0.29, 0.717) is 23.1 Å². The quantitative estimate of drug-likeness (QED) is 0.295. The van der Waals surface area contributed by atoms with E-state index in [1.165, 1.54) is 17.0 Å². The van der Waals surface area contributed by atoms with Crippen LogP contribution in [0.2, 0.25) is 5.02 Å². The lowest BCUT2D eigenvalue weighted by molar-refractivity contribution is -0.139. The van der Waals surface area contributed by atoms with E-state index in [2.05, 4.69) is 5.32 Å². The number of hydrogen-bond acceptors (Lipinski definition) is 5. The number of halogens is 1. The highest BCUT2D eigenvalue weighted by atomic mass is 35.5. The molecule has 2 amide bonds. The van der Waals surface area contributed by atoms with Gasteiger partial charge in [-0.3, -0.25) is 13.9 Å². The summed E-state index contributed by atoms with van der Waals surface area (Å²) in [5.41, 5.74) is 1.08. The van der Waals surface area contributed by atoms with Crippen molar-refractivity contribution >= 4 is 39.1 Å². The molecule has 0 bridgehead atoms. The first-order valence-corrected chi connectivity index (χ1v) is 15.0. The monoisotopic (exact) mass is 585 g/mol. The average molecular weight is 586 g/mol. The zero-order valence-corrected chi connectivity index (χ0v) is 24.8. The average Bonchev–Trinajstić information content (AvgIpc) is 2.95. The topological polar surface area (TPSA) is 96.0 Å². The molecule has 3 aromatic rings. The normalized spacial score (nSPS) is 12.7. The number of nitrogens with one attached hydrogen (secondary N) is 1. The second-order valence-electron chi connectivity index (χ2n) is 9.39. The van der Waals surface area contributed by atoms with Crippen LogP contribution in [0.25, 0.3) is 0 Å². The Hall–Kier alpha value is -3.56. The lowest BCUT2D eigenvalue weighted by atomic mass is 10.1. The summed E-state index contributed by atoms with van der Waals surface area (Å²) >= 11 is 6.04. The van der Waals surface area contributed by atoms with Gasteiger partial charge in [0.05, 0.1) is 17.2 Å². The molecule has 0 unspecified atom stereocenters. The number of nitrogens with zero attached hydrogens (tertiary/aromatic N) is 2. The lowest BCUT2D eigenvalue weighted by Crippen LogP contribution is -2.52. The van der Waals surface area contributed by atoms with E-state index in [0.717, 1.165) is 16.3 Å². The Labute approximate surface area is 241 Å². The third-order valence-corrected chi connectivity index (χ3v) is 8.52. The zero-order valence-electron chi connectivity index (χ0n) is 23.2. The van der Waals surface area contributed by atoms with Crippen LogP contribution in [-0.2, 0) is 26.2 Å². The summed E-state index contributed by atoms with van der Waals surface area (Å²) in [5, 5.41) is 3.46. The molecule has 0 aliphatic carbocycles. The predicted octanol–water partition coefficient (Wildman–Crippen LogP) is 5.27. The minimum Gasteiger partial charge on any atom is -0.494 e. The van der Waals surface area contributed by atoms with Gasteiger partial charge in [-0.25, -0.2) is 8.42 Å². The number of para-hydroxylation sites is 1. The van der Waals surface area contributed by atoms with Crippen molar-refractivity contribution in [1.82, 2.24) is 10.2 Å². The van der Waals surface area contributed by atoms with E-state index >= 15 is 0 Å². The Morgan fingerprint density at radius 1 is 0.925 bits per heavy atom. The Kier molecular flexibility index (Phi) is 11.0. The first-order chi connectivity index (χ1) is 19.1. The maximum Gasteiger partial charge on any atom is 0.264 e. The van der Waals surface area contributed by atoms with Crippen molar-refractivity contribution in [2.24, 2.45) is 0 Å². The molecule has 10 heteroatoms. The van der Waals surface area contributed by atoms with Gasteiger partial charge >= 0.3 is 0 Å². The van der Waals surface area contributed by atoms with Crippen molar-refractivity contribution in [2.75, 3.05) is 17.5 Å². The summed E-state index contributed by atoms with van der Waals surface area (Å²) in [7, 11) is -4.15. The maximum atomic E-state index is 13.9. The molecule has 40 heavy (non-hydrogen) atoms. The summed E-state index contributed by atoms with van der Waals surface area (Å²) in [6.45, 7) is 7.35. The molecule has 0 saturated heterocycles. The van der Waals surface area contributed by atoms with Crippen molar-refractivity contribution in [1.29, 1.82) is 0 Å². The van der Waals surface area contributed by atoms with Gasteiger partial charge in [0.15, 0.2) is 0 Å². The van der Waals surface area contributed by atoms with Gasteiger partial charge in [0.1, 0.15) is 18.3 Å². The van der Waals surface area contributed by atoms with E-state index in [-0.39, 0.29) is 23.4 Å². The van der Waals surface area contributed by atoms with Gasteiger partial charge in [0.2, 0.25) is 11.8 Å². The molecule has 3 aromatic carbocycles. The number of ether oxygens (including phenoxy) is 1. The molecule has 0 spiro atoms. The van der Waals surface area contributed by atoms with Gasteiger partial charge in [-0.1, -0.05) is 48.9 Å². The molecule has 0 aliphatic heterocycles. The van der Waals surface area contributed by atoms with E-state index in [4.69, 9.17) is 16.3 Å². The second kappa shape index (κ2) is 14.2. The number of sulfonamides is 1. The molecule has 0 fully saturated rings. The molecule has 1 N–H and O–H groups in total. The number of rotatable bonds is 13. The summed E-state index contributed by atoms with van der Waals surface area (Å²) in [6, 6.07) is 20.5. The Bertz CT molecular complexity index is 1370. The van der Waals surface area contributed by atoms with Crippen molar-refractivity contribution < 1.29 is 22.7 Å². The molecule has 8 nitrogen and oxygen atoms in total. The molecule has 3 rings (SSSR count).